The van der Waals surface area contributed by atoms with Crippen LogP contribution in [-0.4, -0.2) is 91.4 Å². The first-order valence-electron chi connectivity index (χ1n) is 17.3. The van der Waals surface area contributed by atoms with Crippen LogP contribution in [0.4, 0.5) is 26.3 Å². The van der Waals surface area contributed by atoms with Gasteiger partial charge in [0.25, 0.3) is 0 Å². The number of aromatic nitrogens is 5. The first-order valence-corrected chi connectivity index (χ1v) is 22.1. The van der Waals surface area contributed by atoms with Crippen molar-refractivity contribution in [1.82, 2.24) is 34.7 Å². The molecule has 61 heavy (non-hydrogen) atoms. The SMILES string of the molecule is CN1C=CN(CCC[P+](c2ccccc2)(c2ccccc2)c2ccccc2)[CH-]1.O=S(=O)([O-])C(F)(F)F.O=S(=O)([O-])C(F)(F)F.[Au+].c1cc(-c2ncc[nH]2)nc(-c2ncc[nH]2)c1. The standard InChI is InChI=1S/C25H27N2P.C11H9N5.2CHF3O3S.Au/c1-26-19-20-27(22-26)18-11-21-28(23-12-5-2-6-13-23,24-14-7-3-8-15-24)25-16-9-4-10-17-25;1-2-8(10-12-4-5-13-10)16-9(3-1)11-14-6-7-15-11;2*2-1(3,4)8(5,6)7;/h2-10,12-17,19-20,22H,11,18,21H2,1H3;1-7H,(H,12,13)(H,14,15);2*(H,5,6,7);/q;;;;+1/p-2. The number of hydrogen-bond donors (Lipinski definition) is 2. The molecule has 3 aromatic heterocycles. The summed E-state index contributed by atoms with van der Waals surface area (Å²) in [6.45, 7) is 3.20. The van der Waals surface area contributed by atoms with Gasteiger partial charge in [-0.1, -0.05) is 60.7 Å². The van der Waals surface area contributed by atoms with Gasteiger partial charge in [-0.2, -0.15) is 33.0 Å². The van der Waals surface area contributed by atoms with E-state index in [1.807, 2.05) is 18.2 Å². The van der Waals surface area contributed by atoms with E-state index in [1.165, 1.54) is 15.9 Å². The van der Waals surface area contributed by atoms with Crippen molar-refractivity contribution in [2.24, 2.45) is 0 Å². The first-order chi connectivity index (χ1) is 28.2. The van der Waals surface area contributed by atoms with Crippen LogP contribution in [0.5, 0.6) is 0 Å². The molecule has 0 saturated carbocycles. The fourth-order valence-corrected chi connectivity index (χ4v) is 9.84. The Morgan fingerprint density at radius 3 is 1.31 bits per heavy atom. The molecule has 0 aliphatic carbocycles. The molecule has 0 atom stereocenters. The number of nitrogens with one attached hydrogen (secondary N) is 2. The van der Waals surface area contributed by atoms with Crippen LogP contribution in [0.15, 0.2) is 146 Å². The van der Waals surface area contributed by atoms with E-state index in [-0.39, 0.29) is 22.4 Å². The largest absolute Gasteiger partial charge is 1.00 e. The molecule has 0 spiro atoms. The Balaban J connectivity index is 0.000000253. The third-order valence-corrected chi connectivity index (χ3v) is 13.8. The number of benzene rings is 3. The number of rotatable bonds is 9. The van der Waals surface area contributed by atoms with E-state index in [0.29, 0.717) is 0 Å². The van der Waals surface area contributed by atoms with Crippen LogP contribution >= 0.6 is 7.26 Å². The van der Waals surface area contributed by atoms with Gasteiger partial charge in [0.2, 0.25) is 0 Å². The van der Waals surface area contributed by atoms with Gasteiger partial charge in [-0.3, -0.25) is 0 Å². The molecule has 13 nitrogen and oxygen atoms in total. The molecule has 0 fully saturated rings. The van der Waals surface area contributed by atoms with E-state index in [1.54, 1.807) is 24.8 Å². The van der Waals surface area contributed by atoms with E-state index < -0.39 is 38.5 Å². The van der Waals surface area contributed by atoms with Gasteiger partial charge in [-0.15, -0.1) is 0 Å². The molecule has 0 bridgehead atoms. The molecule has 23 heteroatoms. The second kappa shape index (κ2) is 22.3. The summed E-state index contributed by atoms with van der Waals surface area (Å²) in [7, 11) is -11.8. The topological polar surface area (TPSA) is 191 Å². The first kappa shape index (κ1) is 50.5. The molecule has 3 aromatic carbocycles. The summed E-state index contributed by atoms with van der Waals surface area (Å²) in [5.41, 5.74) is -9.68. The zero-order valence-electron chi connectivity index (χ0n) is 31.6. The molecule has 7 rings (SSSR count). The van der Waals surface area contributed by atoms with Crippen LogP contribution in [0, 0.1) is 6.67 Å². The second-order valence-corrected chi connectivity index (χ2v) is 18.7. The van der Waals surface area contributed by atoms with Gasteiger partial charge in [0.05, 0.1) is 6.16 Å². The number of aromatic amines is 2. The molecule has 0 amide bonds. The number of nitrogens with zero attached hydrogens (tertiary/aromatic N) is 5. The third kappa shape index (κ3) is 14.6. The normalized spacial score (nSPS) is 12.8. The summed E-state index contributed by atoms with van der Waals surface area (Å²) in [6, 6.07) is 39.1. The number of hydrogen-bond acceptors (Lipinski definition) is 11. The smallest absolute Gasteiger partial charge is 0.741 e. The van der Waals surface area contributed by atoms with E-state index in [0.717, 1.165) is 42.2 Å². The second-order valence-electron chi connectivity index (χ2n) is 12.3. The zero-order chi connectivity index (χ0) is 44.0. The van der Waals surface area contributed by atoms with Crippen molar-refractivity contribution in [3.63, 3.8) is 0 Å². The maximum atomic E-state index is 10.7. The van der Waals surface area contributed by atoms with Crippen molar-refractivity contribution < 1.29 is 74.7 Å². The van der Waals surface area contributed by atoms with Gasteiger partial charge in [0.15, 0.2) is 31.9 Å². The summed E-state index contributed by atoms with van der Waals surface area (Å²) < 4.78 is 118. The van der Waals surface area contributed by atoms with Crippen molar-refractivity contribution in [2.45, 2.75) is 17.4 Å². The number of H-pyrrole nitrogens is 2. The van der Waals surface area contributed by atoms with E-state index >= 15 is 0 Å². The number of pyridine rings is 1. The van der Waals surface area contributed by atoms with Gasteiger partial charge < -0.3 is 28.9 Å². The van der Waals surface area contributed by atoms with Gasteiger partial charge in [0.1, 0.15) is 34.6 Å². The fourth-order valence-electron chi connectivity index (χ4n) is 5.52. The minimum absolute atomic E-state index is 0. The summed E-state index contributed by atoms with van der Waals surface area (Å²) in [5, 5.41) is 4.39. The summed E-state index contributed by atoms with van der Waals surface area (Å²) in [6.07, 6.45) is 13.5. The molecule has 0 radical (unpaired) electrons. The quantitative estimate of drug-likeness (QED) is 0.0421. The van der Waals surface area contributed by atoms with Crippen molar-refractivity contribution in [3.8, 4) is 23.0 Å². The molecular formula is C38H36AuF6N7O6PS2-. The molecule has 0 saturated heterocycles. The zero-order valence-corrected chi connectivity index (χ0v) is 36.3. The van der Waals surface area contributed by atoms with Crippen LogP contribution in [0.2, 0.25) is 0 Å². The van der Waals surface area contributed by atoms with E-state index in [4.69, 9.17) is 25.9 Å². The van der Waals surface area contributed by atoms with Crippen molar-refractivity contribution in [3.05, 3.63) is 153 Å². The number of imidazole rings is 2. The van der Waals surface area contributed by atoms with Crippen molar-refractivity contribution in [1.29, 1.82) is 0 Å². The van der Waals surface area contributed by atoms with Crippen LogP contribution in [-0.2, 0) is 42.6 Å². The Labute approximate surface area is 364 Å². The van der Waals surface area contributed by atoms with Gasteiger partial charge in [-0.25, -0.2) is 31.8 Å². The summed E-state index contributed by atoms with van der Waals surface area (Å²) in [5.74, 6) is 1.52. The van der Waals surface area contributed by atoms with E-state index in [9.17, 15) is 26.3 Å². The fraction of sp³-hybridized carbons (Fsp3) is 0.158. The molecule has 1 aliphatic rings. The molecule has 2 N–H and O–H groups in total. The number of halogens is 6. The maximum absolute atomic E-state index is 10.7. The predicted octanol–water partition coefficient (Wildman–Crippen LogP) is 6.17. The van der Waals surface area contributed by atoms with Gasteiger partial charge in [-0.05, 0) is 80.9 Å². The Morgan fingerprint density at radius 1 is 0.639 bits per heavy atom. The van der Waals surface area contributed by atoms with Crippen molar-refractivity contribution >= 4 is 43.4 Å². The van der Waals surface area contributed by atoms with E-state index in [2.05, 4.69) is 152 Å². The average molecular weight is 1090 g/mol. The maximum Gasteiger partial charge on any atom is 1.00 e. The van der Waals surface area contributed by atoms with Crippen LogP contribution in [0.25, 0.3) is 23.0 Å². The van der Waals surface area contributed by atoms with Crippen molar-refractivity contribution in [2.75, 3.05) is 19.8 Å². The van der Waals surface area contributed by atoms with Crippen LogP contribution in [0.3, 0.4) is 0 Å². The molecule has 330 valence electrons. The Morgan fingerprint density at radius 2 is 1.02 bits per heavy atom. The predicted molar refractivity (Wildman–Crippen MR) is 213 cm³/mol. The van der Waals surface area contributed by atoms with Crippen LogP contribution < -0.4 is 15.9 Å². The molecular weight excluding hydrogens is 1060 g/mol. The average Bonchev–Trinajstić information content (AvgIpc) is 4.02. The Hall–Kier alpha value is -4.86. The third-order valence-electron chi connectivity index (χ3n) is 8.12. The molecule has 4 heterocycles. The minimum Gasteiger partial charge on any atom is -0.741 e. The molecule has 6 aromatic rings. The molecule has 1 aliphatic heterocycles. The summed E-state index contributed by atoms with van der Waals surface area (Å²) in [4.78, 5) is 23.2. The minimum atomic E-state index is -6.09. The molecule has 0 unspecified atom stereocenters. The Bertz CT molecular complexity index is 2270. The number of alkyl halides is 6. The Kier molecular flexibility index (Phi) is 18.5. The van der Waals surface area contributed by atoms with Gasteiger partial charge in [0, 0.05) is 24.8 Å². The monoisotopic (exact) mass is 1090 g/mol. The van der Waals surface area contributed by atoms with Crippen LogP contribution in [0.1, 0.15) is 6.42 Å². The van der Waals surface area contributed by atoms with Gasteiger partial charge >= 0.3 is 33.4 Å². The summed E-state index contributed by atoms with van der Waals surface area (Å²) >= 11 is 0.